The van der Waals surface area contributed by atoms with Crippen LogP contribution in [-0.4, -0.2) is 61.2 Å². The van der Waals surface area contributed by atoms with E-state index >= 15 is 0 Å². The molecule has 3 rings (SSSR count). The molecule has 1 saturated heterocycles. The Bertz CT molecular complexity index is 629. The molecule has 0 radical (unpaired) electrons. The molecule has 2 aliphatic rings. The number of ether oxygens (including phenoxy) is 2. The van der Waals surface area contributed by atoms with Crippen LogP contribution in [-0.2, 0) is 15.1 Å². The number of fused-ring (bicyclic) bond motifs is 3. The highest BCUT2D eigenvalue weighted by Gasteiger charge is 2.77. The SMILES string of the molecule is O=C1O[C@H]([C@@H](O)CO)[C@@]2(O)Oc3cc(O)cc(O)c3[C@@]12O. The zero-order valence-electron chi connectivity index (χ0n) is 10.4. The van der Waals surface area contributed by atoms with Crippen molar-refractivity contribution in [2.75, 3.05) is 6.61 Å². The number of esters is 1. The number of hydrogen-bond acceptors (Lipinski definition) is 9. The molecule has 21 heavy (non-hydrogen) atoms. The summed E-state index contributed by atoms with van der Waals surface area (Å²) in [5, 5.41) is 58.7. The van der Waals surface area contributed by atoms with E-state index in [1.54, 1.807) is 0 Å². The van der Waals surface area contributed by atoms with Crippen LogP contribution in [0.4, 0.5) is 0 Å². The summed E-state index contributed by atoms with van der Waals surface area (Å²) in [5.74, 6) is -5.57. The van der Waals surface area contributed by atoms with Crippen molar-refractivity contribution < 1.29 is 44.9 Å². The van der Waals surface area contributed by atoms with Crippen LogP contribution in [0.1, 0.15) is 5.56 Å². The molecule has 1 fully saturated rings. The lowest BCUT2D eigenvalue weighted by atomic mass is 9.85. The van der Waals surface area contributed by atoms with Crippen molar-refractivity contribution in [3.05, 3.63) is 17.7 Å². The van der Waals surface area contributed by atoms with Crippen LogP contribution in [0.2, 0.25) is 0 Å². The average Bonchev–Trinajstić information content (AvgIpc) is 2.74. The van der Waals surface area contributed by atoms with Crippen molar-refractivity contribution in [3.63, 3.8) is 0 Å². The molecule has 0 bridgehead atoms. The quantitative estimate of drug-likeness (QED) is 0.329. The second kappa shape index (κ2) is 3.98. The van der Waals surface area contributed by atoms with E-state index in [1.807, 2.05) is 0 Å². The molecular weight excluding hydrogens is 288 g/mol. The fourth-order valence-electron chi connectivity index (χ4n) is 2.68. The lowest BCUT2D eigenvalue weighted by molar-refractivity contribution is -0.251. The van der Waals surface area contributed by atoms with E-state index in [1.165, 1.54) is 0 Å². The molecule has 1 aromatic carbocycles. The second-order valence-corrected chi connectivity index (χ2v) is 4.92. The third kappa shape index (κ3) is 1.45. The van der Waals surface area contributed by atoms with Crippen molar-refractivity contribution in [3.8, 4) is 17.2 Å². The van der Waals surface area contributed by atoms with Crippen LogP contribution in [0.15, 0.2) is 12.1 Å². The Morgan fingerprint density at radius 3 is 2.57 bits per heavy atom. The molecule has 114 valence electrons. The van der Waals surface area contributed by atoms with E-state index in [0.29, 0.717) is 0 Å². The van der Waals surface area contributed by atoms with Crippen LogP contribution >= 0.6 is 0 Å². The summed E-state index contributed by atoms with van der Waals surface area (Å²) in [4.78, 5) is 11.9. The Labute approximate surface area is 117 Å². The van der Waals surface area contributed by atoms with Crippen molar-refractivity contribution >= 4 is 5.97 Å². The molecular formula is C12H12O9. The summed E-state index contributed by atoms with van der Waals surface area (Å²) in [6, 6.07) is 1.81. The Balaban J connectivity index is 2.21. The smallest absolute Gasteiger partial charge is 0.351 e. The first-order valence-electron chi connectivity index (χ1n) is 5.96. The second-order valence-electron chi connectivity index (χ2n) is 4.92. The van der Waals surface area contributed by atoms with E-state index in [9.17, 15) is 30.3 Å². The molecule has 2 aliphatic heterocycles. The fourth-order valence-corrected chi connectivity index (χ4v) is 2.68. The van der Waals surface area contributed by atoms with Crippen molar-refractivity contribution in [1.82, 2.24) is 0 Å². The first kappa shape index (κ1) is 13.9. The zero-order valence-corrected chi connectivity index (χ0v) is 10.4. The minimum absolute atomic E-state index is 0.343. The number of phenolic OH excluding ortho intramolecular Hbond substituents is 2. The maximum absolute atomic E-state index is 11.9. The number of phenols is 2. The van der Waals surface area contributed by atoms with Gasteiger partial charge in [0, 0.05) is 12.1 Å². The Morgan fingerprint density at radius 1 is 1.29 bits per heavy atom. The van der Waals surface area contributed by atoms with Gasteiger partial charge in [-0.2, -0.15) is 0 Å². The predicted octanol–water partition coefficient (Wildman–Crippen LogP) is -2.36. The lowest BCUT2D eigenvalue weighted by Gasteiger charge is -2.30. The Hall–Kier alpha value is -2.07. The van der Waals surface area contributed by atoms with Gasteiger partial charge < -0.3 is 40.1 Å². The molecule has 0 aromatic heterocycles. The van der Waals surface area contributed by atoms with Gasteiger partial charge in [-0.05, 0) is 0 Å². The number of carbonyl (C=O) groups is 1. The molecule has 0 unspecified atom stereocenters. The van der Waals surface area contributed by atoms with Gasteiger partial charge in [0.05, 0.1) is 12.2 Å². The molecule has 9 nitrogen and oxygen atoms in total. The van der Waals surface area contributed by atoms with Gasteiger partial charge in [0.15, 0.2) is 6.10 Å². The fraction of sp³-hybridized carbons (Fsp3) is 0.417. The summed E-state index contributed by atoms with van der Waals surface area (Å²) in [5.41, 5.74) is -3.28. The molecule has 0 amide bonds. The van der Waals surface area contributed by atoms with E-state index in [0.717, 1.165) is 12.1 Å². The van der Waals surface area contributed by atoms with Gasteiger partial charge in [-0.25, -0.2) is 4.79 Å². The molecule has 0 spiro atoms. The summed E-state index contributed by atoms with van der Waals surface area (Å²) in [7, 11) is 0. The highest BCUT2D eigenvalue weighted by atomic mass is 16.7. The minimum Gasteiger partial charge on any atom is -0.508 e. The summed E-state index contributed by atoms with van der Waals surface area (Å²) in [6.07, 6.45) is -3.51. The maximum Gasteiger partial charge on any atom is 0.351 e. The van der Waals surface area contributed by atoms with Gasteiger partial charge in [-0.3, -0.25) is 0 Å². The Morgan fingerprint density at radius 2 is 1.95 bits per heavy atom. The van der Waals surface area contributed by atoms with Gasteiger partial charge in [0.1, 0.15) is 23.4 Å². The third-order valence-electron chi connectivity index (χ3n) is 3.66. The molecule has 0 saturated carbocycles. The number of aromatic hydroxyl groups is 2. The number of aliphatic hydroxyl groups is 4. The topological polar surface area (TPSA) is 157 Å². The van der Waals surface area contributed by atoms with Gasteiger partial charge in [-0.1, -0.05) is 0 Å². The molecule has 1 aromatic rings. The molecule has 0 aliphatic carbocycles. The minimum atomic E-state index is -2.79. The lowest BCUT2D eigenvalue weighted by Crippen LogP contribution is -2.59. The van der Waals surface area contributed by atoms with Gasteiger partial charge >= 0.3 is 5.97 Å². The summed E-state index contributed by atoms with van der Waals surface area (Å²) in [6.45, 7) is -0.868. The number of rotatable bonds is 2. The van der Waals surface area contributed by atoms with Crippen LogP contribution in [0, 0.1) is 0 Å². The average molecular weight is 300 g/mol. The molecule has 4 atom stereocenters. The first-order valence-corrected chi connectivity index (χ1v) is 5.96. The largest absolute Gasteiger partial charge is 0.508 e. The normalized spacial score (nSPS) is 34.9. The summed E-state index contributed by atoms with van der Waals surface area (Å²) < 4.78 is 9.74. The number of hydrogen-bond donors (Lipinski definition) is 6. The molecule has 2 heterocycles. The zero-order chi connectivity index (χ0) is 15.6. The molecule has 9 heteroatoms. The maximum atomic E-state index is 11.9. The predicted molar refractivity (Wildman–Crippen MR) is 62.2 cm³/mol. The van der Waals surface area contributed by atoms with E-state index in [-0.39, 0.29) is 5.75 Å². The Kier molecular flexibility index (Phi) is 2.63. The van der Waals surface area contributed by atoms with Crippen LogP contribution in [0.5, 0.6) is 17.2 Å². The van der Waals surface area contributed by atoms with Crippen molar-refractivity contribution in [2.24, 2.45) is 0 Å². The van der Waals surface area contributed by atoms with E-state index in [2.05, 4.69) is 4.74 Å². The first-order chi connectivity index (χ1) is 9.75. The highest BCUT2D eigenvalue weighted by Crippen LogP contribution is 2.57. The van der Waals surface area contributed by atoms with Gasteiger partial charge in [0.25, 0.3) is 11.4 Å². The number of benzene rings is 1. The highest BCUT2D eigenvalue weighted by molar-refractivity contribution is 5.89. The van der Waals surface area contributed by atoms with Crippen molar-refractivity contribution in [2.45, 2.75) is 23.6 Å². The summed E-state index contributed by atoms with van der Waals surface area (Å²) >= 11 is 0. The van der Waals surface area contributed by atoms with Crippen molar-refractivity contribution in [1.29, 1.82) is 0 Å². The van der Waals surface area contributed by atoms with Gasteiger partial charge in [-0.15, -0.1) is 0 Å². The number of aliphatic hydroxyl groups excluding tert-OH is 2. The van der Waals surface area contributed by atoms with Gasteiger partial charge in [0.2, 0.25) is 0 Å². The van der Waals surface area contributed by atoms with Crippen LogP contribution in [0.3, 0.4) is 0 Å². The number of carbonyl (C=O) groups excluding carboxylic acids is 1. The van der Waals surface area contributed by atoms with Crippen LogP contribution in [0.25, 0.3) is 0 Å². The third-order valence-corrected chi connectivity index (χ3v) is 3.66. The standard InChI is InChI=1S/C12H12O9/c13-3-6(16)9-12(19)11(18,10(17)20-9)8-5(15)1-4(14)2-7(8)21-12/h1-2,6,9,13-16,18-19H,3H2/t6-,9+,11+,12+/m0/s1. The number of cyclic esters (lactones) is 1. The van der Waals surface area contributed by atoms with Crippen LogP contribution < -0.4 is 4.74 Å². The molecule has 6 N–H and O–H groups in total. The van der Waals surface area contributed by atoms with E-state index in [4.69, 9.17) is 9.84 Å². The van der Waals surface area contributed by atoms with E-state index < -0.39 is 53.2 Å². The monoisotopic (exact) mass is 300 g/mol.